The first-order valence-electron chi connectivity index (χ1n) is 7.19. The van der Waals surface area contributed by atoms with Crippen LogP contribution in [0.15, 0.2) is 0 Å². The maximum atomic E-state index is 5.94. The van der Waals surface area contributed by atoms with Crippen LogP contribution in [0.25, 0.3) is 0 Å². The minimum Gasteiger partial charge on any atom is -0.384 e. The summed E-state index contributed by atoms with van der Waals surface area (Å²) >= 11 is 0. The molecule has 1 aliphatic carbocycles. The lowest BCUT2D eigenvalue weighted by Gasteiger charge is -2.46. The third-order valence-corrected chi connectivity index (χ3v) is 4.57. The molecule has 4 heteroatoms. The smallest absolute Gasteiger partial charge is 0.384 e. The summed E-state index contributed by atoms with van der Waals surface area (Å²) < 4.78 is 17.4. The van der Waals surface area contributed by atoms with Crippen molar-refractivity contribution in [3.63, 3.8) is 0 Å². The average Bonchev–Trinajstić information content (AvgIpc) is 2.47. The fraction of sp³-hybridized carbons (Fsp3) is 1.00. The topological polar surface area (TPSA) is 27.7 Å². The molecule has 2 rings (SSSR count). The summed E-state index contributed by atoms with van der Waals surface area (Å²) in [4.78, 5) is 0. The van der Waals surface area contributed by atoms with Gasteiger partial charge >= 0.3 is 7.32 Å². The van der Waals surface area contributed by atoms with E-state index in [9.17, 15) is 0 Å². The average molecular weight is 254 g/mol. The Kier molecular flexibility index (Phi) is 3.83. The Morgan fingerprint density at radius 1 is 1.28 bits per heavy atom. The monoisotopic (exact) mass is 254 g/mol. The van der Waals surface area contributed by atoms with Gasteiger partial charge in [0.05, 0.1) is 11.7 Å². The van der Waals surface area contributed by atoms with Gasteiger partial charge in [-0.25, -0.2) is 0 Å². The van der Waals surface area contributed by atoms with Gasteiger partial charge < -0.3 is 14.0 Å². The summed E-state index contributed by atoms with van der Waals surface area (Å²) in [6.45, 7) is 12.9. The van der Waals surface area contributed by atoms with Gasteiger partial charge in [0.1, 0.15) is 0 Å². The maximum absolute atomic E-state index is 5.94. The first-order valence-corrected chi connectivity index (χ1v) is 7.19. The summed E-state index contributed by atoms with van der Waals surface area (Å²) in [5.41, 5.74) is 0.224. The van der Waals surface area contributed by atoms with E-state index < -0.39 is 7.32 Å². The van der Waals surface area contributed by atoms with Crippen molar-refractivity contribution >= 4 is 7.32 Å². The largest absolute Gasteiger partial charge is 0.640 e. The minimum atomic E-state index is -0.492. The van der Waals surface area contributed by atoms with Crippen molar-refractivity contribution in [1.82, 2.24) is 0 Å². The normalized spacial score (nSPS) is 33.8. The van der Waals surface area contributed by atoms with Gasteiger partial charge in [-0.05, 0) is 58.3 Å². The highest BCUT2D eigenvalue weighted by atomic mass is 16.8. The van der Waals surface area contributed by atoms with E-state index in [-0.39, 0.29) is 17.8 Å². The van der Waals surface area contributed by atoms with Crippen molar-refractivity contribution in [2.45, 2.75) is 78.6 Å². The van der Waals surface area contributed by atoms with Gasteiger partial charge in [-0.3, -0.25) is 0 Å². The Morgan fingerprint density at radius 2 is 1.94 bits per heavy atom. The second-order valence-electron chi connectivity index (χ2n) is 7.28. The molecule has 0 aromatic heterocycles. The molecule has 0 aromatic rings. The lowest BCUT2D eigenvalue weighted by Crippen LogP contribution is -2.42. The molecule has 1 saturated heterocycles. The molecule has 2 fully saturated rings. The lowest BCUT2D eigenvalue weighted by molar-refractivity contribution is -0.00480. The molecule has 0 N–H and O–H groups in total. The van der Waals surface area contributed by atoms with Crippen LogP contribution in [0.2, 0.25) is 0 Å². The fourth-order valence-electron chi connectivity index (χ4n) is 2.89. The second kappa shape index (κ2) is 4.80. The van der Waals surface area contributed by atoms with E-state index in [4.69, 9.17) is 14.0 Å². The molecule has 1 heterocycles. The highest BCUT2D eigenvalue weighted by Gasteiger charge is 2.50. The van der Waals surface area contributed by atoms with E-state index in [1.807, 2.05) is 13.8 Å². The van der Waals surface area contributed by atoms with Crippen LogP contribution in [-0.4, -0.2) is 25.1 Å². The molecule has 0 bridgehead atoms. The second-order valence-corrected chi connectivity index (χ2v) is 7.28. The zero-order valence-electron chi connectivity index (χ0n) is 12.7. The number of hydrogen-bond donors (Lipinski definition) is 0. The van der Waals surface area contributed by atoms with E-state index in [0.717, 1.165) is 12.3 Å². The van der Waals surface area contributed by atoms with E-state index in [1.165, 1.54) is 12.8 Å². The Morgan fingerprint density at radius 3 is 2.39 bits per heavy atom. The molecule has 0 amide bonds. The minimum absolute atomic E-state index is 0.129. The molecule has 0 unspecified atom stereocenters. The van der Waals surface area contributed by atoms with Gasteiger partial charge in [-0.15, -0.1) is 0 Å². The van der Waals surface area contributed by atoms with E-state index >= 15 is 0 Å². The molecule has 1 saturated carbocycles. The summed E-state index contributed by atoms with van der Waals surface area (Å²) in [6.07, 6.45) is 4.00. The van der Waals surface area contributed by atoms with Crippen LogP contribution in [0.3, 0.4) is 0 Å². The Labute approximate surface area is 112 Å². The summed E-state index contributed by atoms with van der Waals surface area (Å²) in [6, 6.07) is 0. The predicted molar refractivity (Wildman–Crippen MR) is 73.1 cm³/mol. The van der Waals surface area contributed by atoms with Crippen molar-refractivity contribution in [2.75, 3.05) is 0 Å². The van der Waals surface area contributed by atoms with Crippen molar-refractivity contribution in [1.29, 1.82) is 0 Å². The standard InChI is InChI=1S/C14H27BO3/c1-10(2)16-15-17-12(14(5,6)18-15)9-11-7-8-13(11,3)4/h10-12H,7-9H2,1-6H3/t11-,12+/m0/s1. The highest BCUT2D eigenvalue weighted by Crippen LogP contribution is 2.50. The summed E-state index contributed by atoms with van der Waals surface area (Å²) in [5.74, 6) is 0.753. The lowest BCUT2D eigenvalue weighted by atomic mass is 9.60. The van der Waals surface area contributed by atoms with Crippen molar-refractivity contribution < 1.29 is 14.0 Å². The fourth-order valence-corrected chi connectivity index (χ4v) is 2.89. The Hall–Kier alpha value is -0.0551. The van der Waals surface area contributed by atoms with Crippen LogP contribution < -0.4 is 0 Å². The van der Waals surface area contributed by atoms with Crippen LogP contribution in [-0.2, 0) is 14.0 Å². The zero-order chi connectivity index (χ0) is 13.6. The molecule has 0 spiro atoms. The van der Waals surface area contributed by atoms with E-state index in [1.54, 1.807) is 0 Å². The molecular weight excluding hydrogens is 227 g/mol. The SMILES string of the molecule is CC(C)OB1O[C@H](C[C@@H]2CCC2(C)C)C(C)(C)O1. The predicted octanol–water partition coefficient (Wildman–Crippen LogP) is 3.42. The molecule has 2 aliphatic rings. The van der Waals surface area contributed by atoms with Gasteiger partial charge in [0.2, 0.25) is 0 Å². The summed E-state index contributed by atoms with van der Waals surface area (Å²) in [7, 11) is -0.492. The van der Waals surface area contributed by atoms with Crippen LogP contribution in [0, 0.1) is 11.3 Å². The highest BCUT2D eigenvalue weighted by molar-refractivity contribution is 6.37. The molecule has 3 nitrogen and oxygen atoms in total. The molecular formula is C14H27BO3. The van der Waals surface area contributed by atoms with Crippen molar-refractivity contribution in [3.8, 4) is 0 Å². The first-order chi connectivity index (χ1) is 8.21. The van der Waals surface area contributed by atoms with Gasteiger partial charge in [0.25, 0.3) is 0 Å². The molecule has 2 atom stereocenters. The maximum Gasteiger partial charge on any atom is 0.640 e. The molecule has 0 radical (unpaired) electrons. The van der Waals surface area contributed by atoms with E-state index in [2.05, 4.69) is 27.7 Å². The Balaban J connectivity index is 1.92. The quantitative estimate of drug-likeness (QED) is 0.719. The van der Waals surface area contributed by atoms with Crippen LogP contribution in [0.1, 0.15) is 60.8 Å². The molecule has 104 valence electrons. The molecule has 0 aromatic carbocycles. The third-order valence-electron chi connectivity index (χ3n) is 4.57. The van der Waals surface area contributed by atoms with Gasteiger partial charge in [0.15, 0.2) is 0 Å². The Bertz CT molecular complexity index is 301. The van der Waals surface area contributed by atoms with Crippen LogP contribution >= 0.6 is 0 Å². The molecule has 1 aliphatic heterocycles. The zero-order valence-corrected chi connectivity index (χ0v) is 12.7. The van der Waals surface area contributed by atoms with Crippen LogP contribution in [0.4, 0.5) is 0 Å². The van der Waals surface area contributed by atoms with Gasteiger partial charge in [-0.2, -0.15) is 0 Å². The van der Waals surface area contributed by atoms with Crippen molar-refractivity contribution in [2.24, 2.45) is 11.3 Å². The third kappa shape index (κ3) is 2.92. The van der Waals surface area contributed by atoms with Crippen molar-refractivity contribution in [3.05, 3.63) is 0 Å². The first kappa shape index (κ1) is 14.4. The van der Waals surface area contributed by atoms with E-state index in [0.29, 0.717) is 5.41 Å². The number of rotatable bonds is 4. The summed E-state index contributed by atoms with van der Waals surface area (Å²) in [5, 5.41) is 0. The molecule has 18 heavy (non-hydrogen) atoms. The van der Waals surface area contributed by atoms with Gasteiger partial charge in [0, 0.05) is 6.10 Å². The van der Waals surface area contributed by atoms with Crippen LogP contribution in [0.5, 0.6) is 0 Å². The van der Waals surface area contributed by atoms with Gasteiger partial charge in [-0.1, -0.05) is 13.8 Å². The number of hydrogen-bond acceptors (Lipinski definition) is 3.